The molecule has 220 valence electrons. The van der Waals surface area contributed by atoms with E-state index < -0.39 is 16.1 Å². The summed E-state index contributed by atoms with van der Waals surface area (Å²) in [5.41, 5.74) is 1.72. The maximum absolute atomic E-state index is 13.8. The Labute approximate surface area is 261 Å². The van der Waals surface area contributed by atoms with Gasteiger partial charge in [-0.1, -0.05) is 82.8 Å². The Morgan fingerprint density at radius 2 is 1.56 bits per heavy atom. The fraction of sp³-hybridized carbons (Fsp3) is 0.310. The van der Waals surface area contributed by atoms with Gasteiger partial charge in [0, 0.05) is 47.5 Å². The van der Waals surface area contributed by atoms with Gasteiger partial charge in [-0.05, 0) is 54.8 Å². The van der Waals surface area contributed by atoms with Crippen LogP contribution in [0.25, 0.3) is 0 Å². The molecule has 3 aromatic rings. The number of sulfonamides is 1. The molecule has 0 fully saturated rings. The van der Waals surface area contributed by atoms with Gasteiger partial charge >= 0.3 is 0 Å². The second-order valence-corrected chi connectivity index (χ2v) is 13.0. The van der Waals surface area contributed by atoms with Gasteiger partial charge in [0.2, 0.25) is 21.8 Å². The topological polar surface area (TPSA) is 86.8 Å². The van der Waals surface area contributed by atoms with Crippen molar-refractivity contribution in [2.24, 2.45) is 0 Å². The lowest BCUT2D eigenvalue weighted by Gasteiger charge is -2.32. The molecule has 0 radical (unpaired) electrons. The second-order valence-electron chi connectivity index (χ2n) is 9.39. The van der Waals surface area contributed by atoms with Crippen molar-refractivity contribution < 1.29 is 18.0 Å². The third-order valence-corrected chi connectivity index (χ3v) is 8.63. The smallest absolute Gasteiger partial charge is 0.243 e. The summed E-state index contributed by atoms with van der Waals surface area (Å²) in [6.07, 6.45) is 1.45. The van der Waals surface area contributed by atoms with Crippen LogP contribution in [0.1, 0.15) is 30.9 Å². The van der Waals surface area contributed by atoms with Crippen molar-refractivity contribution in [1.82, 2.24) is 10.2 Å². The largest absolute Gasteiger partial charge is 0.355 e. The van der Waals surface area contributed by atoms with Crippen molar-refractivity contribution in [1.29, 1.82) is 0 Å². The van der Waals surface area contributed by atoms with Gasteiger partial charge in [-0.3, -0.25) is 13.9 Å². The average Bonchev–Trinajstić information content (AvgIpc) is 2.91. The zero-order valence-electron chi connectivity index (χ0n) is 22.6. The fourth-order valence-corrected chi connectivity index (χ4v) is 6.21. The number of carbonyl (C=O) groups is 2. The van der Waals surface area contributed by atoms with Crippen LogP contribution in [0.15, 0.2) is 66.7 Å². The molecule has 0 bridgehead atoms. The minimum Gasteiger partial charge on any atom is -0.355 e. The number of nitrogens with one attached hydrogen (secondary N) is 1. The molecule has 41 heavy (non-hydrogen) atoms. The lowest BCUT2D eigenvalue weighted by atomic mass is 10.0. The van der Waals surface area contributed by atoms with Crippen LogP contribution in [0, 0.1) is 0 Å². The summed E-state index contributed by atoms with van der Waals surface area (Å²) in [7, 11) is -3.74. The van der Waals surface area contributed by atoms with Crippen molar-refractivity contribution in [3.8, 4) is 0 Å². The standard InChI is InChI=1S/C29H31Cl4N3O4S/c1-3-34-29(38)27(16-20-8-5-4-6-9-20)35(19-21-11-12-22(30)17-25(21)33)28(37)10-7-15-36(41(2,39)40)26-18-23(31)13-14-24(26)32/h4-6,8-9,11-14,17-18,27H,3,7,10,15-16,19H2,1-2H3,(H,34,38). The van der Waals surface area contributed by atoms with Gasteiger partial charge in [0.05, 0.1) is 17.0 Å². The number of hydrogen-bond acceptors (Lipinski definition) is 4. The Hall–Kier alpha value is -2.49. The molecule has 1 unspecified atom stereocenters. The molecule has 0 saturated heterocycles. The van der Waals surface area contributed by atoms with E-state index in [1.54, 1.807) is 31.2 Å². The van der Waals surface area contributed by atoms with Crippen molar-refractivity contribution in [3.05, 3.63) is 97.9 Å². The number of amides is 2. The van der Waals surface area contributed by atoms with E-state index in [0.717, 1.165) is 16.1 Å². The van der Waals surface area contributed by atoms with E-state index >= 15 is 0 Å². The van der Waals surface area contributed by atoms with Crippen molar-refractivity contribution in [2.45, 2.75) is 38.8 Å². The minimum absolute atomic E-state index is 0.0231. The summed E-state index contributed by atoms with van der Waals surface area (Å²) >= 11 is 24.9. The summed E-state index contributed by atoms with van der Waals surface area (Å²) in [6.45, 7) is 2.22. The molecule has 7 nitrogen and oxygen atoms in total. The summed E-state index contributed by atoms with van der Waals surface area (Å²) in [6, 6.07) is 18.1. The monoisotopic (exact) mass is 657 g/mol. The molecule has 12 heteroatoms. The van der Waals surface area contributed by atoms with E-state index in [9.17, 15) is 18.0 Å². The highest BCUT2D eigenvalue weighted by atomic mass is 35.5. The Balaban J connectivity index is 1.91. The number of rotatable bonds is 13. The van der Waals surface area contributed by atoms with E-state index in [-0.39, 0.29) is 54.9 Å². The first-order chi connectivity index (χ1) is 19.4. The number of anilines is 1. The Morgan fingerprint density at radius 1 is 0.902 bits per heavy atom. The lowest BCUT2D eigenvalue weighted by molar-refractivity contribution is -0.141. The molecule has 0 aromatic heterocycles. The van der Waals surface area contributed by atoms with Crippen LogP contribution in [0.5, 0.6) is 0 Å². The van der Waals surface area contributed by atoms with Gasteiger partial charge in [-0.25, -0.2) is 8.42 Å². The molecular weight excluding hydrogens is 628 g/mol. The molecule has 0 aliphatic rings. The predicted molar refractivity (Wildman–Crippen MR) is 168 cm³/mol. The third-order valence-electron chi connectivity index (χ3n) is 6.31. The van der Waals surface area contributed by atoms with Gasteiger partial charge in [-0.15, -0.1) is 0 Å². The zero-order valence-corrected chi connectivity index (χ0v) is 26.5. The average molecular weight is 659 g/mol. The zero-order chi connectivity index (χ0) is 30.2. The van der Waals surface area contributed by atoms with Crippen LogP contribution >= 0.6 is 46.4 Å². The second kappa shape index (κ2) is 15.1. The maximum atomic E-state index is 13.8. The van der Waals surface area contributed by atoms with Crippen LogP contribution in [0.4, 0.5) is 5.69 Å². The third kappa shape index (κ3) is 9.51. The number of halogens is 4. The molecule has 0 aliphatic heterocycles. The molecular formula is C29H31Cl4N3O4S. The van der Waals surface area contributed by atoms with Crippen molar-refractivity contribution >= 4 is 73.9 Å². The van der Waals surface area contributed by atoms with Crippen LogP contribution in [-0.4, -0.2) is 50.5 Å². The number of hydrogen-bond donors (Lipinski definition) is 1. The van der Waals surface area contributed by atoms with Gasteiger partial charge in [0.15, 0.2) is 0 Å². The van der Waals surface area contributed by atoms with E-state index in [1.165, 1.54) is 17.0 Å². The molecule has 1 atom stereocenters. The lowest BCUT2D eigenvalue weighted by Crippen LogP contribution is -2.50. The van der Waals surface area contributed by atoms with Crippen molar-refractivity contribution in [3.63, 3.8) is 0 Å². The Morgan fingerprint density at radius 3 is 2.20 bits per heavy atom. The van der Waals surface area contributed by atoms with Gasteiger partial charge in [0.1, 0.15) is 6.04 Å². The molecule has 0 saturated carbocycles. The fourth-order valence-electron chi connectivity index (χ4n) is 4.34. The van der Waals surface area contributed by atoms with Crippen LogP contribution in [0.3, 0.4) is 0 Å². The summed E-state index contributed by atoms with van der Waals surface area (Å²) in [5, 5.41) is 4.18. The van der Waals surface area contributed by atoms with Gasteiger partial charge < -0.3 is 10.2 Å². The highest BCUT2D eigenvalue weighted by Crippen LogP contribution is 2.31. The number of likely N-dealkylation sites (N-methyl/N-ethyl adjacent to an activating group) is 1. The summed E-state index contributed by atoms with van der Waals surface area (Å²) in [4.78, 5) is 28.6. The molecule has 0 heterocycles. The first kappa shape index (κ1) is 33.0. The van der Waals surface area contributed by atoms with Crippen LogP contribution in [0.2, 0.25) is 20.1 Å². The molecule has 0 aliphatic carbocycles. The highest BCUT2D eigenvalue weighted by Gasteiger charge is 2.31. The molecule has 3 rings (SSSR count). The summed E-state index contributed by atoms with van der Waals surface area (Å²) < 4.78 is 26.4. The SMILES string of the molecule is CCNC(=O)C(Cc1ccccc1)N(Cc1ccc(Cl)cc1Cl)C(=O)CCCN(c1cc(Cl)ccc1Cl)S(C)(=O)=O. The molecule has 2 amide bonds. The minimum atomic E-state index is -3.74. The van der Waals surface area contributed by atoms with E-state index in [0.29, 0.717) is 27.2 Å². The Kier molecular flexibility index (Phi) is 12.2. The number of carbonyl (C=O) groups excluding carboxylic acids is 2. The number of benzene rings is 3. The van der Waals surface area contributed by atoms with E-state index in [2.05, 4.69) is 5.32 Å². The van der Waals surface area contributed by atoms with Crippen LogP contribution < -0.4 is 9.62 Å². The summed E-state index contributed by atoms with van der Waals surface area (Å²) in [5.74, 6) is -0.646. The predicted octanol–water partition coefficient (Wildman–Crippen LogP) is 6.62. The van der Waals surface area contributed by atoms with Gasteiger partial charge in [0.25, 0.3) is 0 Å². The Bertz CT molecular complexity index is 1470. The normalized spacial score (nSPS) is 12.0. The van der Waals surface area contributed by atoms with Gasteiger partial charge in [-0.2, -0.15) is 0 Å². The molecule has 3 aromatic carbocycles. The molecule has 0 spiro atoms. The van der Waals surface area contributed by atoms with Crippen molar-refractivity contribution in [2.75, 3.05) is 23.7 Å². The quantitative estimate of drug-likeness (QED) is 0.224. The molecule has 1 N–H and O–H groups in total. The first-order valence-electron chi connectivity index (χ1n) is 12.9. The highest BCUT2D eigenvalue weighted by molar-refractivity contribution is 7.92. The van der Waals surface area contributed by atoms with E-state index in [1.807, 2.05) is 30.3 Å². The first-order valence-corrected chi connectivity index (χ1v) is 16.2. The van der Waals surface area contributed by atoms with E-state index in [4.69, 9.17) is 46.4 Å². The maximum Gasteiger partial charge on any atom is 0.243 e. The number of nitrogens with zero attached hydrogens (tertiary/aromatic N) is 2. The van der Waals surface area contributed by atoms with Crippen LogP contribution in [-0.2, 0) is 32.6 Å².